The van der Waals surface area contributed by atoms with Crippen molar-refractivity contribution in [2.45, 2.75) is 39.1 Å². The largest absolute Gasteiger partial charge is 0.354 e. The summed E-state index contributed by atoms with van der Waals surface area (Å²) >= 11 is 0. The molecule has 0 aromatic carbocycles. The van der Waals surface area contributed by atoms with Crippen LogP contribution in [0.1, 0.15) is 25.2 Å². The fourth-order valence-corrected chi connectivity index (χ4v) is 3.22. The van der Waals surface area contributed by atoms with Crippen LogP contribution in [0.4, 0.5) is 0 Å². The van der Waals surface area contributed by atoms with Crippen LogP contribution >= 0.6 is 10.7 Å². The second-order valence-electron chi connectivity index (χ2n) is 4.79. The standard InChI is InChI=1S/C11H18ClN3O3S/c1-7(2)5-13-10(16)6-15-9(4)11(8(3)14-15)19(12,17)18/h7H,5-6H2,1-4H3,(H,13,16). The number of halogens is 1. The minimum absolute atomic E-state index is 0.0220. The van der Waals surface area contributed by atoms with E-state index < -0.39 is 9.05 Å². The molecule has 1 N–H and O–H groups in total. The predicted molar refractivity (Wildman–Crippen MR) is 72.6 cm³/mol. The summed E-state index contributed by atoms with van der Waals surface area (Å²) in [6.07, 6.45) is 0. The van der Waals surface area contributed by atoms with Gasteiger partial charge in [-0.1, -0.05) is 13.8 Å². The van der Waals surface area contributed by atoms with Crippen molar-refractivity contribution in [3.05, 3.63) is 11.4 Å². The van der Waals surface area contributed by atoms with Crippen LogP contribution in [0.15, 0.2) is 4.90 Å². The Morgan fingerprint density at radius 2 is 2.00 bits per heavy atom. The highest BCUT2D eigenvalue weighted by molar-refractivity contribution is 8.13. The average molecular weight is 308 g/mol. The summed E-state index contributed by atoms with van der Waals surface area (Å²) in [6, 6.07) is 0. The molecule has 1 aromatic heterocycles. The van der Waals surface area contributed by atoms with E-state index >= 15 is 0 Å². The molecule has 1 amide bonds. The van der Waals surface area contributed by atoms with Gasteiger partial charge in [-0.05, 0) is 19.8 Å². The lowest BCUT2D eigenvalue weighted by atomic mass is 10.2. The maximum absolute atomic E-state index is 11.7. The number of aromatic nitrogens is 2. The number of nitrogens with one attached hydrogen (secondary N) is 1. The molecule has 0 aliphatic carbocycles. The molecule has 0 saturated heterocycles. The van der Waals surface area contributed by atoms with Gasteiger partial charge in [0.2, 0.25) is 5.91 Å². The lowest BCUT2D eigenvalue weighted by molar-refractivity contribution is -0.122. The third-order valence-corrected chi connectivity index (χ3v) is 4.10. The Balaban J connectivity index is 2.90. The summed E-state index contributed by atoms with van der Waals surface area (Å²) in [6.45, 7) is 7.64. The van der Waals surface area contributed by atoms with E-state index in [1.165, 1.54) is 4.68 Å². The molecule has 0 unspecified atom stereocenters. The third kappa shape index (κ3) is 4.21. The Labute approximate surface area is 117 Å². The first kappa shape index (κ1) is 16.0. The molecule has 108 valence electrons. The van der Waals surface area contributed by atoms with Crippen molar-refractivity contribution in [3.63, 3.8) is 0 Å². The van der Waals surface area contributed by atoms with Crippen molar-refractivity contribution in [2.24, 2.45) is 5.92 Å². The van der Waals surface area contributed by atoms with Gasteiger partial charge in [0.05, 0.1) is 11.4 Å². The molecular weight excluding hydrogens is 290 g/mol. The third-order valence-electron chi connectivity index (χ3n) is 2.56. The van der Waals surface area contributed by atoms with Gasteiger partial charge < -0.3 is 5.32 Å². The normalized spacial score (nSPS) is 11.9. The molecular formula is C11H18ClN3O3S. The van der Waals surface area contributed by atoms with Gasteiger partial charge in [-0.25, -0.2) is 8.42 Å². The highest BCUT2D eigenvalue weighted by Crippen LogP contribution is 2.22. The van der Waals surface area contributed by atoms with E-state index in [2.05, 4.69) is 10.4 Å². The average Bonchev–Trinajstić information content (AvgIpc) is 2.50. The van der Waals surface area contributed by atoms with Gasteiger partial charge in [-0.3, -0.25) is 9.48 Å². The molecule has 0 aliphatic heterocycles. The Morgan fingerprint density at radius 1 is 1.42 bits per heavy atom. The number of carbonyl (C=O) groups is 1. The van der Waals surface area contributed by atoms with Crippen molar-refractivity contribution in [1.29, 1.82) is 0 Å². The van der Waals surface area contributed by atoms with Crippen molar-refractivity contribution in [3.8, 4) is 0 Å². The number of carbonyl (C=O) groups excluding carboxylic acids is 1. The molecule has 6 nitrogen and oxygen atoms in total. The zero-order chi connectivity index (χ0) is 14.8. The van der Waals surface area contributed by atoms with Crippen LogP contribution in [0, 0.1) is 19.8 Å². The first-order valence-electron chi connectivity index (χ1n) is 5.88. The summed E-state index contributed by atoms with van der Waals surface area (Å²) in [5.74, 6) is 0.140. The number of amides is 1. The molecule has 0 radical (unpaired) electrons. The molecule has 19 heavy (non-hydrogen) atoms. The lowest BCUT2D eigenvalue weighted by Crippen LogP contribution is -2.31. The van der Waals surface area contributed by atoms with Gasteiger partial charge in [0.1, 0.15) is 11.4 Å². The second-order valence-corrected chi connectivity index (χ2v) is 7.30. The molecule has 1 aromatic rings. The topological polar surface area (TPSA) is 81.1 Å². The molecule has 0 aliphatic rings. The summed E-state index contributed by atoms with van der Waals surface area (Å²) in [7, 11) is 1.49. The Bertz CT molecular complexity index is 578. The van der Waals surface area contributed by atoms with E-state index in [0.717, 1.165) is 0 Å². The van der Waals surface area contributed by atoms with E-state index in [1.807, 2.05) is 13.8 Å². The summed E-state index contributed by atoms with van der Waals surface area (Å²) in [4.78, 5) is 11.7. The number of aryl methyl sites for hydroxylation is 1. The van der Waals surface area contributed by atoms with Crippen molar-refractivity contribution in [1.82, 2.24) is 15.1 Å². The van der Waals surface area contributed by atoms with E-state index in [1.54, 1.807) is 13.8 Å². The number of nitrogens with zero attached hydrogens (tertiary/aromatic N) is 2. The molecule has 8 heteroatoms. The highest BCUT2D eigenvalue weighted by Gasteiger charge is 2.23. The Hall–Kier alpha value is -1.08. The van der Waals surface area contributed by atoms with Gasteiger partial charge in [0, 0.05) is 17.2 Å². The summed E-state index contributed by atoms with van der Waals surface area (Å²) < 4.78 is 24.1. The zero-order valence-corrected chi connectivity index (χ0v) is 13.0. The fraction of sp³-hybridized carbons (Fsp3) is 0.636. The Kier molecular flexibility index (Phi) is 4.98. The van der Waals surface area contributed by atoms with Crippen molar-refractivity contribution < 1.29 is 13.2 Å². The fourth-order valence-electron chi connectivity index (χ4n) is 1.70. The molecule has 0 saturated carbocycles. The van der Waals surface area contributed by atoms with Gasteiger partial charge in [0.15, 0.2) is 0 Å². The van der Waals surface area contributed by atoms with Crippen LogP contribution in [-0.4, -0.2) is 30.7 Å². The monoisotopic (exact) mass is 307 g/mol. The van der Waals surface area contributed by atoms with Crippen LogP contribution in [0.25, 0.3) is 0 Å². The molecule has 1 heterocycles. The number of hydrogen-bond acceptors (Lipinski definition) is 4. The van der Waals surface area contributed by atoms with Crippen molar-refractivity contribution in [2.75, 3.05) is 6.54 Å². The van der Waals surface area contributed by atoms with Gasteiger partial charge in [-0.15, -0.1) is 0 Å². The molecule has 0 bridgehead atoms. The number of rotatable bonds is 5. The highest BCUT2D eigenvalue weighted by atomic mass is 35.7. The minimum atomic E-state index is -3.85. The Morgan fingerprint density at radius 3 is 2.42 bits per heavy atom. The van der Waals surface area contributed by atoms with Crippen LogP contribution in [0.2, 0.25) is 0 Å². The first-order valence-corrected chi connectivity index (χ1v) is 8.19. The van der Waals surface area contributed by atoms with Crippen LogP contribution in [0.5, 0.6) is 0 Å². The van der Waals surface area contributed by atoms with Crippen LogP contribution in [-0.2, 0) is 20.4 Å². The summed E-state index contributed by atoms with van der Waals surface area (Å²) in [5, 5.41) is 6.78. The molecule has 0 atom stereocenters. The zero-order valence-electron chi connectivity index (χ0n) is 11.4. The maximum atomic E-state index is 11.7. The van der Waals surface area contributed by atoms with Gasteiger partial charge in [-0.2, -0.15) is 5.10 Å². The number of hydrogen-bond donors (Lipinski definition) is 1. The molecule has 0 fully saturated rings. The SMILES string of the molecule is Cc1nn(CC(=O)NCC(C)C)c(C)c1S(=O)(=O)Cl. The quantitative estimate of drug-likeness (QED) is 0.829. The minimum Gasteiger partial charge on any atom is -0.354 e. The van der Waals surface area contributed by atoms with Gasteiger partial charge in [0.25, 0.3) is 9.05 Å². The van der Waals surface area contributed by atoms with E-state index in [0.29, 0.717) is 23.9 Å². The van der Waals surface area contributed by atoms with E-state index in [9.17, 15) is 13.2 Å². The maximum Gasteiger partial charge on any atom is 0.264 e. The lowest BCUT2D eigenvalue weighted by Gasteiger charge is -2.08. The van der Waals surface area contributed by atoms with E-state index in [4.69, 9.17) is 10.7 Å². The van der Waals surface area contributed by atoms with Gasteiger partial charge >= 0.3 is 0 Å². The smallest absolute Gasteiger partial charge is 0.264 e. The van der Waals surface area contributed by atoms with Crippen LogP contribution < -0.4 is 5.32 Å². The van der Waals surface area contributed by atoms with Crippen molar-refractivity contribution >= 4 is 25.6 Å². The summed E-state index contributed by atoms with van der Waals surface area (Å²) in [5.41, 5.74) is 0.663. The predicted octanol–water partition coefficient (Wildman–Crippen LogP) is 1.20. The van der Waals surface area contributed by atoms with E-state index in [-0.39, 0.29) is 17.3 Å². The molecule has 1 rings (SSSR count). The van der Waals surface area contributed by atoms with Crippen LogP contribution in [0.3, 0.4) is 0 Å². The molecule has 0 spiro atoms. The second kappa shape index (κ2) is 5.92. The first-order chi connectivity index (χ1) is 8.62.